The molecule has 1 heterocycles. The lowest BCUT2D eigenvalue weighted by Gasteiger charge is -2.30. The van der Waals surface area contributed by atoms with Crippen molar-refractivity contribution in [2.45, 2.75) is 39.3 Å². The molecule has 0 saturated carbocycles. The second kappa shape index (κ2) is 7.90. The number of hydrogen-bond donors (Lipinski definition) is 0. The summed E-state index contributed by atoms with van der Waals surface area (Å²) in [7, 11) is 3.30. The summed E-state index contributed by atoms with van der Waals surface area (Å²) in [4.78, 5) is 41.2. The summed E-state index contributed by atoms with van der Waals surface area (Å²) in [6, 6.07) is -0.579. The Kier molecular flexibility index (Phi) is 6.73. The van der Waals surface area contributed by atoms with Crippen LogP contribution in [0.25, 0.3) is 0 Å². The number of carbonyl (C=O) groups excluding carboxylic acids is 3. The van der Waals surface area contributed by atoms with Crippen LogP contribution in [0.3, 0.4) is 0 Å². The maximum Gasteiger partial charge on any atom is 0.411 e. The number of likely N-dealkylation sites (N-methyl/N-ethyl adjacent to an activating group) is 2. The van der Waals surface area contributed by atoms with Gasteiger partial charge in [0, 0.05) is 26.4 Å². The van der Waals surface area contributed by atoms with E-state index in [0.717, 1.165) is 0 Å². The Bertz CT molecular complexity index is 462. The largest absolute Gasteiger partial charge is 0.444 e. The second-order valence-corrected chi connectivity index (χ2v) is 7.61. The maximum atomic E-state index is 12.7. The van der Waals surface area contributed by atoms with Crippen LogP contribution in [0, 0.1) is 0 Å². The molecule has 7 nitrogen and oxygen atoms in total. The fourth-order valence-corrected chi connectivity index (χ4v) is 3.14. The van der Waals surface area contributed by atoms with E-state index in [1.165, 1.54) is 26.5 Å². The summed E-state index contributed by atoms with van der Waals surface area (Å²) >= 11 is 1.51. The molecule has 0 radical (unpaired) electrons. The molecule has 0 aromatic heterocycles. The first-order valence-electron chi connectivity index (χ1n) is 7.63. The lowest BCUT2D eigenvalue weighted by atomic mass is 10.2. The fraction of sp³-hybridized carbons (Fsp3) is 0.800. The summed E-state index contributed by atoms with van der Waals surface area (Å²) in [5.41, 5.74) is -0.608. The smallest absolute Gasteiger partial charge is 0.411 e. The minimum absolute atomic E-state index is 0.0195. The normalized spacial score (nSPS) is 17.8. The van der Waals surface area contributed by atoms with Gasteiger partial charge in [-0.2, -0.15) is 0 Å². The van der Waals surface area contributed by atoms with Crippen LogP contribution in [0.5, 0.6) is 0 Å². The minimum atomic E-state index is -0.608. The van der Waals surface area contributed by atoms with E-state index >= 15 is 0 Å². The summed E-state index contributed by atoms with van der Waals surface area (Å²) in [5, 5.41) is 0. The lowest BCUT2D eigenvalue weighted by molar-refractivity contribution is -0.141. The summed E-state index contributed by atoms with van der Waals surface area (Å²) in [6.07, 6.45) is -0.490. The van der Waals surface area contributed by atoms with E-state index in [-0.39, 0.29) is 18.4 Å². The molecule has 8 heteroatoms. The third-order valence-corrected chi connectivity index (χ3v) is 4.33. The van der Waals surface area contributed by atoms with Crippen molar-refractivity contribution < 1.29 is 19.1 Å². The average molecular weight is 345 g/mol. The number of hydrogen-bond acceptors (Lipinski definition) is 5. The van der Waals surface area contributed by atoms with Crippen LogP contribution in [0.15, 0.2) is 0 Å². The van der Waals surface area contributed by atoms with Gasteiger partial charge < -0.3 is 14.5 Å². The van der Waals surface area contributed by atoms with Crippen molar-refractivity contribution in [3.8, 4) is 0 Å². The van der Waals surface area contributed by atoms with Crippen LogP contribution in [0.1, 0.15) is 27.7 Å². The summed E-state index contributed by atoms with van der Waals surface area (Å²) in [5.74, 6) is 0.586. The molecule has 0 aromatic carbocycles. The Morgan fingerprint density at radius 3 is 2.35 bits per heavy atom. The van der Waals surface area contributed by atoms with Gasteiger partial charge in [0.05, 0.1) is 12.4 Å². The predicted octanol–water partition coefficient (Wildman–Crippen LogP) is 1.23. The van der Waals surface area contributed by atoms with Crippen molar-refractivity contribution >= 4 is 29.7 Å². The molecule has 132 valence electrons. The van der Waals surface area contributed by atoms with E-state index in [0.29, 0.717) is 18.2 Å². The van der Waals surface area contributed by atoms with Crippen molar-refractivity contribution in [1.82, 2.24) is 14.7 Å². The van der Waals surface area contributed by atoms with Gasteiger partial charge in [-0.3, -0.25) is 14.5 Å². The van der Waals surface area contributed by atoms with Gasteiger partial charge in [0.1, 0.15) is 11.6 Å². The first kappa shape index (κ1) is 19.6. The first-order chi connectivity index (χ1) is 10.6. The molecule has 0 spiro atoms. The Balaban J connectivity index is 2.79. The van der Waals surface area contributed by atoms with E-state index in [9.17, 15) is 14.4 Å². The molecule has 0 aliphatic carbocycles. The van der Waals surface area contributed by atoms with Gasteiger partial charge in [-0.1, -0.05) is 0 Å². The molecule has 1 rings (SSSR count). The molecule has 1 aliphatic heterocycles. The van der Waals surface area contributed by atoms with Gasteiger partial charge in [0.15, 0.2) is 0 Å². The maximum absolute atomic E-state index is 12.7. The van der Waals surface area contributed by atoms with Gasteiger partial charge in [0.2, 0.25) is 11.8 Å². The number of nitrogens with zero attached hydrogens (tertiary/aromatic N) is 3. The molecule has 1 atom stereocenters. The molecule has 0 N–H and O–H groups in total. The van der Waals surface area contributed by atoms with Crippen molar-refractivity contribution in [2.24, 2.45) is 0 Å². The van der Waals surface area contributed by atoms with E-state index in [1.807, 2.05) is 6.92 Å². The highest BCUT2D eigenvalue weighted by Crippen LogP contribution is 2.25. The van der Waals surface area contributed by atoms with Crippen molar-refractivity contribution in [3.63, 3.8) is 0 Å². The molecular formula is C15H27N3O4S. The zero-order valence-electron chi connectivity index (χ0n) is 14.8. The molecular weight excluding hydrogens is 318 g/mol. The van der Waals surface area contributed by atoms with Crippen LogP contribution in [0.2, 0.25) is 0 Å². The van der Waals surface area contributed by atoms with Crippen LogP contribution < -0.4 is 0 Å². The molecule has 1 fully saturated rings. The lowest BCUT2D eigenvalue weighted by Crippen LogP contribution is -2.52. The Labute approximate surface area is 142 Å². The van der Waals surface area contributed by atoms with E-state index in [2.05, 4.69) is 0 Å². The molecule has 1 aliphatic rings. The topological polar surface area (TPSA) is 70.2 Å². The van der Waals surface area contributed by atoms with Crippen molar-refractivity contribution in [1.29, 1.82) is 0 Å². The fourth-order valence-electron chi connectivity index (χ4n) is 2.01. The van der Waals surface area contributed by atoms with Gasteiger partial charge in [-0.25, -0.2) is 4.79 Å². The minimum Gasteiger partial charge on any atom is -0.444 e. The number of ether oxygens (including phenoxy) is 1. The van der Waals surface area contributed by atoms with Crippen LogP contribution >= 0.6 is 11.8 Å². The van der Waals surface area contributed by atoms with Gasteiger partial charge in [0.25, 0.3) is 0 Å². The Hall–Kier alpha value is -1.44. The second-order valence-electron chi connectivity index (χ2n) is 6.61. The third kappa shape index (κ3) is 5.60. The number of rotatable bonds is 4. The Morgan fingerprint density at radius 1 is 1.26 bits per heavy atom. The number of carbonyl (C=O) groups is 3. The highest BCUT2D eigenvalue weighted by atomic mass is 32.2. The first-order valence-corrected chi connectivity index (χ1v) is 8.78. The SMILES string of the molecule is CCN(CC(=O)N(C)C)C(=O)[C@@H]1CSCN1C(=O)OC(C)(C)C. The predicted molar refractivity (Wildman–Crippen MR) is 90.1 cm³/mol. The molecule has 0 bridgehead atoms. The van der Waals surface area contributed by atoms with Crippen molar-refractivity contribution in [3.05, 3.63) is 0 Å². The highest BCUT2D eigenvalue weighted by molar-refractivity contribution is 7.99. The van der Waals surface area contributed by atoms with E-state index in [1.54, 1.807) is 34.9 Å². The number of amides is 3. The van der Waals surface area contributed by atoms with Crippen LogP contribution in [0.4, 0.5) is 4.79 Å². The van der Waals surface area contributed by atoms with Crippen LogP contribution in [-0.2, 0) is 14.3 Å². The van der Waals surface area contributed by atoms with E-state index < -0.39 is 17.7 Å². The molecule has 0 aromatic rings. The number of thioether (sulfide) groups is 1. The zero-order chi connectivity index (χ0) is 17.8. The molecule has 0 unspecified atom stereocenters. The average Bonchev–Trinajstić information content (AvgIpc) is 2.91. The zero-order valence-corrected chi connectivity index (χ0v) is 15.6. The van der Waals surface area contributed by atoms with Crippen molar-refractivity contribution in [2.75, 3.05) is 38.8 Å². The summed E-state index contributed by atoms with van der Waals surface area (Å²) in [6.45, 7) is 7.63. The molecule has 3 amide bonds. The van der Waals surface area contributed by atoms with Gasteiger partial charge in [-0.05, 0) is 27.7 Å². The van der Waals surface area contributed by atoms with Gasteiger partial charge in [-0.15, -0.1) is 11.8 Å². The molecule has 23 heavy (non-hydrogen) atoms. The standard InChI is InChI=1S/C15H27N3O4S/c1-7-17(8-12(19)16(5)6)13(20)11-9-23-10-18(11)14(21)22-15(2,3)4/h11H,7-10H2,1-6H3/t11-/m0/s1. The summed E-state index contributed by atoms with van der Waals surface area (Å²) < 4.78 is 5.36. The van der Waals surface area contributed by atoms with Crippen LogP contribution in [-0.4, -0.2) is 83.1 Å². The Morgan fingerprint density at radius 2 is 1.87 bits per heavy atom. The van der Waals surface area contributed by atoms with E-state index in [4.69, 9.17) is 4.74 Å². The highest BCUT2D eigenvalue weighted by Gasteiger charge is 2.39. The van der Waals surface area contributed by atoms with Gasteiger partial charge >= 0.3 is 6.09 Å². The third-order valence-electron chi connectivity index (χ3n) is 3.31. The molecule has 1 saturated heterocycles. The monoisotopic (exact) mass is 345 g/mol. The quantitative estimate of drug-likeness (QED) is 0.766.